The number of ether oxygens (including phenoxy) is 1. The Labute approximate surface area is 106 Å². The van der Waals surface area contributed by atoms with E-state index in [4.69, 9.17) is 10.5 Å². The number of aryl methyl sites for hydroxylation is 1. The molecule has 100 valence electrons. The third-order valence-corrected chi connectivity index (χ3v) is 3.50. The van der Waals surface area contributed by atoms with E-state index in [0.29, 0.717) is 17.3 Å². The first kappa shape index (κ1) is 12.9. The van der Waals surface area contributed by atoms with Crippen LogP contribution in [0, 0.1) is 12.8 Å². The molecule has 6 nitrogen and oxygen atoms in total. The second-order valence-corrected chi connectivity index (χ2v) is 4.80. The molecule has 0 bridgehead atoms. The van der Waals surface area contributed by atoms with Crippen molar-refractivity contribution in [3.63, 3.8) is 0 Å². The Morgan fingerprint density at radius 3 is 2.72 bits per heavy atom. The number of hydrogen-bond acceptors (Lipinski definition) is 4. The number of piperidine rings is 1. The molecule has 1 saturated heterocycles. The fourth-order valence-corrected chi connectivity index (χ4v) is 2.29. The van der Waals surface area contributed by atoms with Crippen LogP contribution in [0.5, 0.6) is 0 Å². The Bertz CT molecular complexity index is 422. The molecule has 0 unspecified atom stereocenters. The number of H-pyrrole nitrogens is 1. The van der Waals surface area contributed by atoms with Crippen LogP contribution in [-0.2, 0) is 4.74 Å². The molecule has 1 aliphatic heterocycles. The number of hydrogen-bond donors (Lipinski definition) is 2. The predicted molar refractivity (Wildman–Crippen MR) is 68.2 cm³/mol. The molecule has 1 fully saturated rings. The van der Waals surface area contributed by atoms with Gasteiger partial charge in [-0.3, -0.25) is 9.89 Å². The third-order valence-electron chi connectivity index (χ3n) is 3.50. The molecular weight excluding hydrogens is 232 g/mol. The van der Waals surface area contributed by atoms with Crippen LogP contribution in [0.15, 0.2) is 0 Å². The molecule has 0 atom stereocenters. The molecule has 0 aromatic carbocycles. The fourth-order valence-electron chi connectivity index (χ4n) is 2.29. The number of carbonyl (C=O) groups excluding carboxylic acids is 1. The van der Waals surface area contributed by atoms with E-state index in [1.54, 1.807) is 7.11 Å². The van der Waals surface area contributed by atoms with Crippen LogP contribution < -0.4 is 5.73 Å². The quantitative estimate of drug-likeness (QED) is 0.833. The van der Waals surface area contributed by atoms with Crippen LogP contribution in [0.3, 0.4) is 0 Å². The highest BCUT2D eigenvalue weighted by atomic mass is 16.5. The summed E-state index contributed by atoms with van der Waals surface area (Å²) in [5.74, 6) is 0.477. The smallest absolute Gasteiger partial charge is 0.276 e. The number of nitrogen functional groups attached to an aromatic ring is 1. The zero-order chi connectivity index (χ0) is 13.1. The highest BCUT2D eigenvalue weighted by molar-refractivity contribution is 5.97. The van der Waals surface area contributed by atoms with Gasteiger partial charge in [0.15, 0.2) is 5.69 Å². The molecule has 3 N–H and O–H groups in total. The maximum absolute atomic E-state index is 12.2. The van der Waals surface area contributed by atoms with Crippen LogP contribution in [0.25, 0.3) is 0 Å². The van der Waals surface area contributed by atoms with E-state index in [1.807, 2.05) is 11.8 Å². The van der Waals surface area contributed by atoms with Crippen molar-refractivity contribution in [2.45, 2.75) is 19.8 Å². The zero-order valence-corrected chi connectivity index (χ0v) is 10.9. The van der Waals surface area contributed by atoms with Gasteiger partial charge in [-0.1, -0.05) is 0 Å². The van der Waals surface area contributed by atoms with Gasteiger partial charge in [0, 0.05) is 26.8 Å². The summed E-state index contributed by atoms with van der Waals surface area (Å²) in [6.45, 7) is 4.08. The Morgan fingerprint density at radius 1 is 1.56 bits per heavy atom. The first-order valence-electron chi connectivity index (χ1n) is 6.22. The molecule has 0 aliphatic carbocycles. The van der Waals surface area contributed by atoms with Crippen LogP contribution in [0.4, 0.5) is 5.69 Å². The normalized spacial score (nSPS) is 17.1. The summed E-state index contributed by atoms with van der Waals surface area (Å²) in [6.07, 6.45) is 1.95. The van der Waals surface area contributed by atoms with Gasteiger partial charge >= 0.3 is 0 Å². The summed E-state index contributed by atoms with van der Waals surface area (Å²) >= 11 is 0. The monoisotopic (exact) mass is 252 g/mol. The fraction of sp³-hybridized carbons (Fsp3) is 0.667. The van der Waals surface area contributed by atoms with Crippen molar-refractivity contribution in [1.29, 1.82) is 0 Å². The minimum atomic E-state index is -0.0762. The van der Waals surface area contributed by atoms with Gasteiger partial charge in [0.1, 0.15) is 0 Å². The third kappa shape index (κ3) is 2.48. The number of aromatic nitrogens is 2. The molecular formula is C12H20N4O2. The number of nitrogens with zero attached hydrogens (tertiary/aromatic N) is 2. The summed E-state index contributed by atoms with van der Waals surface area (Å²) in [7, 11) is 1.71. The molecule has 0 saturated carbocycles. The largest absolute Gasteiger partial charge is 0.395 e. The van der Waals surface area contributed by atoms with Crippen LogP contribution >= 0.6 is 0 Å². The number of rotatable bonds is 3. The minimum Gasteiger partial charge on any atom is -0.395 e. The van der Waals surface area contributed by atoms with E-state index in [0.717, 1.165) is 38.2 Å². The number of methoxy groups -OCH3 is 1. The molecule has 6 heteroatoms. The Balaban J connectivity index is 1.97. The molecule has 1 aromatic rings. The summed E-state index contributed by atoms with van der Waals surface area (Å²) in [5, 5.41) is 6.72. The lowest BCUT2D eigenvalue weighted by Gasteiger charge is -2.31. The summed E-state index contributed by atoms with van der Waals surface area (Å²) in [5.41, 5.74) is 7.37. The predicted octanol–water partition coefficient (Wildman–Crippen LogP) is 0.799. The first-order valence-corrected chi connectivity index (χ1v) is 6.22. The van der Waals surface area contributed by atoms with E-state index >= 15 is 0 Å². The van der Waals surface area contributed by atoms with Crippen molar-refractivity contribution in [1.82, 2.24) is 15.1 Å². The molecule has 18 heavy (non-hydrogen) atoms. The molecule has 0 radical (unpaired) electrons. The highest BCUT2D eigenvalue weighted by Crippen LogP contribution is 2.21. The molecule has 0 spiro atoms. The van der Waals surface area contributed by atoms with E-state index in [1.165, 1.54) is 0 Å². The lowest BCUT2D eigenvalue weighted by Crippen LogP contribution is -2.39. The first-order chi connectivity index (χ1) is 8.63. The summed E-state index contributed by atoms with van der Waals surface area (Å²) in [6, 6.07) is 0. The van der Waals surface area contributed by atoms with Crippen molar-refractivity contribution in [2.24, 2.45) is 5.92 Å². The summed E-state index contributed by atoms with van der Waals surface area (Å²) in [4.78, 5) is 14.0. The van der Waals surface area contributed by atoms with Crippen LogP contribution in [0.2, 0.25) is 0 Å². The van der Waals surface area contributed by atoms with E-state index in [-0.39, 0.29) is 5.91 Å². The van der Waals surface area contributed by atoms with Gasteiger partial charge in [-0.2, -0.15) is 5.10 Å². The number of aromatic amines is 1. The van der Waals surface area contributed by atoms with Gasteiger partial charge in [0.05, 0.1) is 11.4 Å². The van der Waals surface area contributed by atoms with Gasteiger partial charge in [-0.25, -0.2) is 0 Å². The average molecular weight is 252 g/mol. The van der Waals surface area contributed by atoms with Crippen molar-refractivity contribution >= 4 is 11.6 Å². The van der Waals surface area contributed by atoms with Gasteiger partial charge in [-0.15, -0.1) is 0 Å². The number of carbonyl (C=O) groups is 1. The van der Waals surface area contributed by atoms with Gasteiger partial charge < -0.3 is 15.4 Å². The van der Waals surface area contributed by atoms with Gasteiger partial charge in [0.2, 0.25) is 0 Å². The Morgan fingerprint density at radius 2 is 2.22 bits per heavy atom. The van der Waals surface area contributed by atoms with E-state index in [2.05, 4.69) is 10.2 Å². The number of nitrogens with one attached hydrogen (secondary N) is 1. The van der Waals surface area contributed by atoms with E-state index in [9.17, 15) is 4.79 Å². The minimum absolute atomic E-state index is 0.0762. The maximum Gasteiger partial charge on any atom is 0.276 e. The standard InChI is InChI=1S/C12H20N4O2/c1-8-10(13)11(15-14-8)12(17)16-5-3-9(4-6-16)7-18-2/h9H,3-7,13H2,1-2H3,(H,14,15). The maximum atomic E-state index is 12.2. The molecule has 2 rings (SSSR count). The van der Waals surface area contributed by atoms with Crippen molar-refractivity contribution in [3.8, 4) is 0 Å². The topological polar surface area (TPSA) is 84.2 Å². The number of nitrogens with two attached hydrogens (primary N) is 1. The SMILES string of the molecule is COCC1CCN(C(=O)c2n[nH]c(C)c2N)CC1. The van der Waals surface area contributed by atoms with E-state index < -0.39 is 0 Å². The lowest BCUT2D eigenvalue weighted by atomic mass is 9.97. The van der Waals surface area contributed by atoms with Crippen LogP contribution in [0.1, 0.15) is 29.0 Å². The number of anilines is 1. The summed E-state index contributed by atoms with van der Waals surface area (Å²) < 4.78 is 5.14. The second kappa shape index (κ2) is 5.39. The van der Waals surface area contributed by atoms with Crippen molar-refractivity contribution in [3.05, 3.63) is 11.4 Å². The molecule has 1 aromatic heterocycles. The zero-order valence-electron chi connectivity index (χ0n) is 10.9. The lowest BCUT2D eigenvalue weighted by molar-refractivity contribution is 0.0609. The molecule has 1 amide bonds. The number of likely N-dealkylation sites (tertiary alicyclic amines) is 1. The van der Waals surface area contributed by atoms with Crippen molar-refractivity contribution < 1.29 is 9.53 Å². The van der Waals surface area contributed by atoms with Crippen molar-refractivity contribution in [2.75, 3.05) is 32.5 Å². The Hall–Kier alpha value is -1.56. The number of amides is 1. The second-order valence-electron chi connectivity index (χ2n) is 4.80. The highest BCUT2D eigenvalue weighted by Gasteiger charge is 2.26. The molecule has 1 aliphatic rings. The van der Waals surface area contributed by atoms with Crippen LogP contribution in [-0.4, -0.2) is 47.8 Å². The average Bonchev–Trinajstić information content (AvgIpc) is 2.71. The van der Waals surface area contributed by atoms with Gasteiger partial charge in [0.25, 0.3) is 5.91 Å². The molecule has 2 heterocycles. The van der Waals surface area contributed by atoms with Gasteiger partial charge in [-0.05, 0) is 25.7 Å². The Kier molecular flexibility index (Phi) is 3.86.